The summed E-state index contributed by atoms with van der Waals surface area (Å²) in [6, 6.07) is 6.24. The van der Waals surface area contributed by atoms with Crippen LogP contribution in [-0.2, 0) is 11.2 Å². The van der Waals surface area contributed by atoms with Gasteiger partial charge in [0, 0.05) is 26.7 Å². The summed E-state index contributed by atoms with van der Waals surface area (Å²) in [6.45, 7) is 1.97. The second kappa shape index (κ2) is 7.24. The summed E-state index contributed by atoms with van der Waals surface area (Å²) >= 11 is 0. The van der Waals surface area contributed by atoms with Gasteiger partial charge in [0.15, 0.2) is 0 Å². The predicted molar refractivity (Wildman–Crippen MR) is 75.1 cm³/mol. The Kier molecular flexibility index (Phi) is 5.35. The van der Waals surface area contributed by atoms with Crippen molar-refractivity contribution < 1.29 is 13.9 Å². The number of ether oxygens (including phenoxy) is 1. The summed E-state index contributed by atoms with van der Waals surface area (Å²) in [7, 11) is 1.77. The second-order valence-corrected chi connectivity index (χ2v) is 5.12. The molecule has 2 rings (SSSR count). The number of nitrogens with zero attached hydrogens (tertiary/aromatic N) is 1. The van der Waals surface area contributed by atoms with E-state index in [4.69, 9.17) is 4.74 Å². The van der Waals surface area contributed by atoms with Crippen molar-refractivity contribution in [3.63, 3.8) is 0 Å². The number of carbonyl (C=O) groups is 1. The summed E-state index contributed by atoms with van der Waals surface area (Å²) in [5, 5.41) is 2.86. The molecule has 110 valence electrons. The smallest absolute Gasteiger partial charge is 0.317 e. The molecular weight excluding hydrogens is 259 g/mol. The topological polar surface area (TPSA) is 41.6 Å². The van der Waals surface area contributed by atoms with Gasteiger partial charge in [-0.3, -0.25) is 0 Å². The summed E-state index contributed by atoms with van der Waals surface area (Å²) in [5.41, 5.74) is 1.01. The molecule has 0 unspecified atom stereocenters. The third kappa shape index (κ3) is 4.49. The lowest BCUT2D eigenvalue weighted by molar-refractivity contribution is 0.0875. The zero-order valence-electron chi connectivity index (χ0n) is 11.8. The molecule has 1 aliphatic heterocycles. The maximum Gasteiger partial charge on any atom is 0.317 e. The number of hydrogen-bond acceptors (Lipinski definition) is 2. The van der Waals surface area contributed by atoms with Crippen LogP contribution < -0.4 is 5.32 Å². The van der Waals surface area contributed by atoms with Crippen LogP contribution in [0.3, 0.4) is 0 Å². The van der Waals surface area contributed by atoms with Gasteiger partial charge in [0.05, 0.1) is 6.10 Å². The first kappa shape index (κ1) is 14.8. The largest absolute Gasteiger partial charge is 0.376 e. The van der Waals surface area contributed by atoms with Gasteiger partial charge in [0.1, 0.15) is 5.82 Å². The first-order chi connectivity index (χ1) is 9.65. The molecule has 20 heavy (non-hydrogen) atoms. The second-order valence-electron chi connectivity index (χ2n) is 5.12. The Morgan fingerprint density at radius 2 is 2.20 bits per heavy atom. The van der Waals surface area contributed by atoms with Crippen LogP contribution in [0.1, 0.15) is 18.4 Å². The van der Waals surface area contributed by atoms with Crippen molar-refractivity contribution in [1.29, 1.82) is 0 Å². The average Bonchev–Trinajstić information content (AvgIpc) is 2.93. The van der Waals surface area contributed by atoms with Gasteiger partial charge in [-0.1, -0.05) is 12.1 Å². The van der Waals surface area contributed by atoms with E-state index < -0.39 is 0 Å². The minimum atomic E-state index is -0.242. The SMILES string of the molecule is CN(C[C@@H]1CCCO1)C(=O)NCCc1ccc(F)cc1. The first-order valence-corrected chi connectivity index (χ1v) is 7.00. The Bertz CT molecular complexity index is 430. The minimum absolute atomic E-state index is 0.0948. The van der Waals surface area contributed by atoms with Crippen LogP contribution in [-0.4, -0.2) is 43.8 Å². The molecule has 5 heteroatoms. The number of urea groups is 1. The zero-order chi connectivity index (χ0) is 14.4. The van der Waals surface area contributed by atoms with Gasteiger partial charge in [-0.2, -0.15) is 0 Å². The number of carbonyl (C=O) groups excluding carboxylic acids is 1. The van der Waals surface area contributed by atoms with Crippen molar-refractivity contribution in [3.8, 4) is 0 Å². The molecule has 1 aromatic rings. The van der Waals surface area contributed by atoms with E-state index in [2.05, 4.69) is 5.32 Å². The molecular formula is C15H21FN2O2. The van der Waals surface area contributed by atoms with E-state index in [0.29, 0.717) is 19.5 Å². The number of halogens is 1. The zero-order valence-corrected chi connectivity index (χ0v) is 11.8. The lowest BCUT2D eigenvalue weighted by atomic mass is 10.1. The number of likely N-dealkylation sites (N-methyl/N-ethyl adjacent to an activating group) is 1. The van der Waals surface area contributed by atoms with Gasteiger partial charge in [-0.05, 0) is 37.0 Å². The Morgan fingerprint density at radius 1 is 1.45 bits per heavy atom. The molecule has 1 heterocycles. The first-order valence-electron chi connectivity index (χ1n) is 7.00. The maximum absolute atomic E-state index is 12.7. The van der Waals surface area contributed by atoms with Gasteiger partial charge < -0.3 is 15.0 Å². The molecule has 0 aliphatic carbocycles. The highest BCUT2D eigenvalue weighted by Gasteiger charge is 2.19. The monoisotopic (exact) mass is 280 g/mol. The lowest BCUT2D eigenvalue weighted by Crippen LogP contribution is -2.41. The fourth-order valence-electron chi connectivity index (χ4n) is 2.28. The van der Waals surface area contributed by atoms with Crippen molar-refractivity contribution in [3.05, 3.63) is 35.6 Å². The van der Waals surface area contributed by atoms with Crippen molar-refractivity contribution in [2.45, 2.75) is 25.4 Å². The highest BCUT2D eigenvalue weighted by Crippen LogP contribution is 2.12. The lowest BCUT2D eigenvalue weighted by Gasteiger charge is -2.21. The summed E-state index contributed by atoms with van der Waals surface area (Å²) < 4.78 is 18.2. The number of hydrogen-bond donors (Lipinski definition) is 1. The summed E-state index contributed by atoms with van der Waals surface area (Å²) in [5.74, 6) is -0.242. The Morgan fingerprint density at radius 3 is 2.85 bits per heavy atom. The fourth-order valence-corrected chi connectivity index (χ4v) is 2.28. The van der Waals surface area contributed by atoms with Crippen molar-refractivity contribution in [2.75, 3.05) is 26.7 Å². The normalized spacial score (nSPS) is 18.0. The number of rotatable bonds is 5. The standard InChI is InChI=1S/C15H21FN2O2/c1-18(11-14-3-2-10-20-14)15(19)17-9-8-12-4-6-13(16)7-5-12/h4-7,14H,2-3,8-11H2,1H3,(H,17,19)/t14-/m0/s1. The van der Waals surface area contributed by atoms with E-state index in [-0.39, 0.29) is 18.0 Å². The highest BCUT2D eigenvalue weighted by molar-refractivity contribution is 5.73. The van der Waals surface area contributed by atoms with Gasteiger partial charge in [-0.25, -0.2) is 9.18 Å². The van der Waals surface area contributed by atoms with Crippen LogP contribution in [0.15, 0.2) is 24.3 Å². The van der Waals surface area contributed by atoms with Crippen LogP contribution in [0.25, 0.3) is 0 Å². The molecule has 0 spiro atoms. The predicted octanol–water partition coefficient (Wildman–Crippen LogP) is 2.19. The molecule has 1 saturated heterocycles. The van der Waals surface area contributed by atoms with E-state index in [1.807, 2.05) is 0 Å². The number of benzene rings is 1. The quantitative estimate of drug-likeness (QED) is 0.898. The summed E-state index contributed by atoms with van der Waals surface area (Å²) in [6.07, 6.45) is 2.96. The molecule has 4 nitrogen and oxygen atoms in total. The van der Waals surface area contributed by atoms with Gasteiger partial charge in [0.25, 0.3) is 0 Å². The van der Waals surface area contributed by atoms with Crippen LogP contribution in [0.2, 0.25) is 0 Å². The molecule has 1 atom stereocenters. The third-order valence-corrected chi connectivity index (χ3v) is 3.45. The van der Waals surface area contributed by atoms with Gasteiger partial charge in [-0.15, -0.1) is 0 Å². The van der Waals surface area contributed by atoms with E-state index in [1.165, 1.54) is 12.1 Å². The van der Waals surface area contributed by atoms with Crippen LogP contribution in [0, 0.1) is 5.82 Å². The number of amides is 2. The Labute approximate surface area is 118 Å². The van der Waals surface area contributed by atoms with E-state index >= 15 is 0 Å². The van der Waals surface area contributed by atoms with Gasteiger partial charge in [0.2, 0.25) is 0 Å². The fraction of sp³-hybridized carbons (Fsp3) is 0.533. The van der Waals surface area contributed by atoms with E-state index in [9.17, 15) is 9.18 Å². The molecule has 0 radical (unpaired) electrons. The van der Waals surface area contributed by atoms with Crippen LogP contribution in [0.5, 0.6) is 0 Å². The maximum atomic E-state index is 12.7. The highest BCUT2D eigenvalue weighted by atomic mass is 19.1. The third-order valence-electron chi connectivity index (χ3n) is 3.45. The van der Waals surface area contributed by atoms with Crippen molar-refractivity contribution in [1.82, 2.24) is 10.2 Å². The molecule has 1 N–H and O–H groups in total. The van der Waals surface area contributed by atoms with Crippen molar-refractivity contribution >= 4 is 6.03 Å². The molecule has 0 aromatic heterocycles. The minimum Gasteiger partial charge on any atom is -0.376 e. The Balaban J connectivity index is 1.67. The Hall–Kier alpha value is -1.62. The van der Waals surface area contributed by atoms with Crippen molar-refractivity contribution in [2.24, 2.45) is 0 Å². The van der Waals surface area contributed by atoms with Crippen LogP contribution >= 0.6 is 0 Å². The number of nitrogens with one attached hydrogen (secondary N) is 1. The molecule has 0 bridgehead atoms. The van der Waals surface area contributed by atoms with Gasteiger partial charge >= 0.3 is 6.03 Å². The van der Waals surface area contributed by atoms with Crippen LogP contribution in [0.4, 0.5) is 9.18 Å². The molecule has 2 amide bonds. The van der Waals surface area contributed by atoms with E-state index in [0.717, 1.165) is 25.0 Å². The molecule has 1 fully saturated rings. The molecule has 0 saturated carbocycles. The average molecular weight is 280 g/mol. The van der Waals surface area contributed by atoms with E-state index in [1.54, 1.807) is 24.1 Å². The molecule has 1 aliphatic rings. The summed E-state index contributed by atoms with van der Waals surface area (Å²) in [4.78, 5) is 13.5. The molecule has 1 aromatic carbocycles.